The lowest BCUT2D eigenvalue weighted by Gasteiger charge is -2.05. The smallest absolute Gasteiger partial charge is 0.275 e. The molecule has 1 heterocycles. The Labute approximate surface area is 147 Å². The summed E-state index contributed by atoms with van der Waals surface area (Å²) in [5.41, 5.74) is 5.01. The molecule has 0 spiro atoms. The zero-order chi connectivity index (χ0) is 17.3. The Morgan fingerprint density at radius 3 is 2.79 bits per heavy atom. The van der Waals surface area contributed by atoms with Crippen LogP contribution in [0.3, 0.4) is 0 Å². The van der Waals surface area contributed by atoms with Crippen molar-refractivity contribution in [2.75, 3.05) is 0 Å². The number of phenols is 1. The van der Waals surface area contributed by atoms with Crippen LogP contribution in [0.5, 0.6) is 5.75 Å². The van der Waals surface area contributed by atoms with Crippen molar-refractivity contribution in [1.29, 1.82) is 0 Å². The summed E-state index contributed by atoms with van der Waals surface area (Å²) >= 11 is 3.27. The van der Waals surface area contributed by atoms with Crippen molar-refractivity contribution in [3.8, 4) is 5.75 Å². The van der Waals surface area contributed by atoms with Gasteiger partial charge in [-0.15, -0.1) is 0 Å². The number of halogens is 1. The van der Waals surface area contributed by atoms with Crippen LogP contribution in [-0.2, 0) is 7.05 Å². The molecule has 1 aromatic heterocycles. The Hall–Kier alpha value is -2.67. The quantitative estimate of drug-likeness (QED) is 0.535. The van der Waals surface area contributed by atoms with Gasteiger partial charge in [0.15, 0.2) is 5.82 Å². The topological polar surface area (TPSA) is 79.5 Å². The maximum Gasteiger partial charge on any atom is 0.275 e. The molecule has 0 aliphatic rings. The summed E-state index contributed by atoms with van der Waals surface area (Å²) < 4.78 is 2.61. The van der Waals surface area contributed by atoms with E-state index in [2.05, 4.69) is 31.4 Å². The van der Waals surface area contributed by atoms with Crippen LogP contribution in [0.25, 0.3) is 11.0 Å². The molecule has 122 valence electrons. The minimum absolute atomic E-state index is 0.105. The standard InChI is InChI=1S/C17H15BrN4O2/c1-10(16-19-13-5-3-4-6-14(13)22(16)2)20-21-17(24)12-9-11(18)7-8-15(12)23/h3-9,23H,1-2H3,(H,21,24)/b20-10+. The number of benzene rings is 2. The van der Waals surface area contributed by atoms with Gasteiger partial charge in [-0.2, -0.15) is 5.10 Å². The second-order valence-corrected chi connectivity index (χ2v) is 6.20. The number of aromatic nitrogens is 2. The van der Waals surface area contributed by atoms with Gasteiger partial charge in [0.05, 0.1) is 16.6 Å². The normalized spacial score (nSPS) is 11.7. The fourth-order valence-electron chi connectivity index (χ4n) is 2.40. The molecule has 3 rings (SSSR count). The molecule has 0 saturated heterocycles. The van der Waals surface area contributed by atoms with Gasteiger partial charge in [0.2, 0.25) is 0 Å². The molecule has 0 saturated carbocycles. The molecular formula is C17H15BrN4O2. The molecule has 0 aliphatic heterocycles. The van der Waals surface area contributed by atoms with Crippen molar-refractivity contribution in [3.05, 3.63) is 58.3 Å². The van der Waals surface area contributed by atoms with E-state index in [0.29, 0.717) is 16.0 Å². The highest BCUT2D eigenvalue weighted by Crippen LogP contribution is 2.21. The molecule has 3 aromatic rings. The van der Waals surface area contributed by atoms with Crippen molar-refractivity contribution in [2.24, 2.45) is 12.1 Å². The number of hydrazone groups is 1. The first-order valence-electron chi connectivity index (χ1n) is 7.22. The molecule has 1 amide bonds. The lowest BCUT2D eigenvalue weighted by Crippen LogP contribution is -2.20. The number of hydrogen-bond acceptors (Lipinski definition) is 4. The first-order valence-corrected chi connectivity index (χ1v) is 8.01. The number of phenolic OH excluding ortho intramolecular Hbond substituents is 1. The summed E-state index contributed by atoms with van der Waals surface area (Å²) in [6.07, 6.45) is 0. The number of hydrogen-bond donors (Lipinski definition) is 2. The van der Waals surface area contributed by atoms with Crippen molar-refractivity contribution in [3.63, 3.8) is 0 Å². The van der Waals surface area contributed by atoms with Crippen molar-refractivity contribution in [2.45, 2.75) is 6.92 Å². The third kappa shape index (κ3) is 3.03. The van der Waals surface area contributed by atoms with Crippen molar-refractivity contribution >= 4 is 38.6 Å². The summed E-state index contributed by atoms with van der Waals surface area (Å²) in [6, 6.07) is 12.4. The number of fused-ring (bicyclic) bond motifs is 1. The number of carbonyl (C=O) groups excluding carboxylic acids is 1. The number of nitrogens with zero attached hydrogens (tertiary/aromatic N) is 3. The molecule has 0 fully saturated rings. The summed E-state index contributed by atoms with van der Waals surface area (Å²) in [7, 11) is 1.89. The second kappa shape index (κ2) is 6.45. The number of nitrogens with one attached hydrogen (secondary N) is 1. The van der Waals surface area contributed by atoms with Gasteiger partial charge >= 0.3 is 0 Å². The summed E-state index contributed by atoms with van der Waals surface area (Å²) in [5.74, 6) is 0.0631. The minimum atomic E-state index is -0.494. The monoisotopic (exact) mass is 386 g/mol. The molecule has 24 heavy (non-hydrogen) atoms. The second-order valence-electron chi connectivity index (χ2n) is 5.28. The van der Waals surface area contributed by atoms with E-state index in [9.17, 15) is 9.90 Å². The number of amides is 1. The van der Waals surface area contributed by atoms with Gasteiger partial charge in [0, 0.05) is 11.5 Å². The van der Waals surface area contributed by atoms with Crippen LogP contribution in [0.4, 0.5) is 0 Å². The Balaban J connectivity index is 1.86. The van der Waals surface area contributed by atoms with Gasteiger partial charge in [-0.05, 0) is 37.3 Å². The maximum atomic E-state index is 12.2. The number of para-hydroxylation sites is 2. The van der Waals surface area contributed by atoms with Gasteiger partial charge in [-0.25, -0.2) is 10.4 Å². The molecule has 6 nitrogen and oxygen atoms in total. The maximum absolute atomic E-state index is 12.2. The van der Waals surface area contributed by atoms with Gasteiger partial charge in [-0.1, -0.05) is 28.1 Å². The zero-order valence-corrected chi connectivity index (χ0v) is 14.7. The first kappa shape index (κ1) is 16.2. The third-order valence-corrected chi connectivity index (χ3v) is 4.13. The fourth-order valence-corrected chi connectivity index (χ4v) is 2.77. The Bertz CT molecular complexity index is 962. The summed E-state index contributed by atoms with van der Waals surface area (Å²) in [5, 5.41) is 13.9. The van der Waals surface area contributed by atoms with E-state index < -0.39 is 5.91 Å². The Morgan fingerprint density at radius 1 is 1.29 bits per heavy atom. The SMILES string of the molecule is C/C(=N\NC(=O)c1cc(Br)ccc1O)c1nc2ccccc2n1C. The largest absolute Gasteiger partial charge is 0.507 e. The van der Waals surface area contributed by atoms with Crippen LogP contribution >= 0.6 is 15.9 Å². The molecule has 2 N–H and O–H groups in total. The molecule has 0 radical (unpaired) electrons. The molecular weight excluding hydrogens is 372 g/mol. The lowest BCUT2D eigenvalue weighted by atomic mass is 10.2. The summed E-state index contributed by atoms with van der Waals surface area (Å²) in [6.45, 7) is 1.77. The number of rotatable bonds is 3. The highest BCUT2D eigenvalue weighted by molar-refractivity contribution is 9.10. The zero-order valence-electron chi connectivity index (χ0n) is 13.1. The highest BCUT2D eigenvalue weighted by atomic mass is 79.9. The molecule has 0 atom stereocenters. The predicted molar refractivity (Wildman–Crippen MR) is 96.2 cm³/mol. The molecule has 0 unspecified atom stereocenters. The molecule has 2 aromatic carbocycles. The Morgan fingerprint density at radius 2 is 2.04 bits per heavy atom. The van der Waals surface area contributed by atoms with E-state index in [1.165, 1.54) is 12.1 Å². The van der Waals surface area contributed by atoms with Crippen LogP contribution in [0, 0.1) is 0 Å². The van der Waals surface area contributed by atoms with E-state index in [1.54, 1.807) is 13.0 Å². The highest BCUT2D eigenvalue weighted by Gasteiger charge is 2.13. The number of aryl methyl sites for hydroxylation is 1. The van der Waals surface area contributed by atoms with Crippen LogP contribution < -0.4 is 5.43 Å². The third-order valence-electron chi connectivity index (χ3n) is 3.64. The van der Waals surface area contributed by atoms with E-state index in [-0.39, 0.29) is 11.3 Å². The Kier molecular flexibility index (Phi) is 4.35. The van der Waals surface area contributed by atoms with Crippen LogP contribution in [-0.4, -0.2) is 26.3 Å². The van der Waals surface area contributed by atoms with E-state index >= 15 is 0 Å². The minimum Gasteiger partial charge on any atom is -0.507 e. The number of carbonyl (C=O) groups is 1. The average molecular weight is 387 g/mol. The van der Waals surface area contributed by atoms with Gasteiger partial charge in [0.25, 0.3) is 5.91 Å². The van der Waals surface area contributed by atoms with Crippen LogP contribution in [0.1, 0.15) is 23.1 Å². The number of aromatic hydroxyl groups is 1. The van der Waals surface area contributed by atoms with Gasteiger partial charge < -0.3 is 9.67 Å². The molecule has 0 aliphatic carbocycles. The first-order chi connectivity index (χ1) is 11.5. The summed E-state index contributed by atoms with van der Waals surface area (Å²) in [4.78, 5) is 16.7. The average Bonchev–Trinajstić information content (AvgIpc) is 2.92. The predicted octanol–water partition coefficient (Wildman–Crippen LogP) is 3.20. The van der Waals surface area contributed by atoms with Crippen LogP contribution in [0.15, 0.2) is 52.0 Å². The molecule has 0 bridgehead atoms. The van der Waals surface area contributed by atoms with Crippen molar-refractivity contribution < 1.29 is 9.90 Å². The van der Waals surface area contributed by atoms with Gasteiger partial charge in [-0.3, -0.25) is 4.79 Å². The van der Waals surface area contributed by atoms with Crippen molar-refractivity contribution in [1.82, 2.24) is 15.0 Å². The van der Waals surface area contributed by atoms with E-state index in [0.717, 1.165) is 11.0 Å². The van der Waals surface area contributed by atoms with E-state index in [4.69, 9.17) is 0 Å². The van der Waals surface area contributed by atoms with Crippen LogP contribution in [0.2, 0.25) is 0 Å². The fraction of sp³-hybridized carbons (Fsp3) is 0.118. The number of imidazole rings is 1. The molecule has 7 heteroatoms. The van der Waals surface area contributed by atoms with E-state index in [1.807, 2.05) is 35.9 Å². The van der Waals surface area contributed by atoms with Gasteiger partial charge in [0.1, 0.15) is 11.5 Å². The lowest BCUT2D eigenvalue weighted by molar-refractivity contribution is 0.0952.